The molecule has 176 valence electrons. The number of phenols is 1. The lowest BCUT2D eigenvalue weighted by molar-refractivity contribution is 0.216. The van der Waals surface area contributed by atoms with Crippen LogP contribution in [-0.2, 0) is 0 Å². The van der Waals surface area contributed by atoms with Crippen LogP contribution in [0.15, 0.2) is 52.9 Å². The molecule has 0 spiro atoms. The summed E-state index contributed by atoms with van der Waals surface area (Å²) in [6.45, 7) is 6.49. The number of piperidine rings is 1. The van der Waals surface area contributed by atoms with Gasteiger partial charge in [-0.2, -0.15) is 0 Å². The number of ether oxygens (including phenoxy) is 1. The summed E-state index contributed by atoms with van der Waals surface area (Å²) in [6.07, 6.45) is 6.31. The molecule has 6 nitrogen and oxygen atoms in total. The Balaban J connectivity index is 1.31. The first-order valence-electron chi connectivity index (χ1n) is 11.9. The molecule has 1 aliphatic heterocycles. The molecule has 4 rings (SSSR count). The van der Waals surface area contributed by atoms with Crippen molar-refractivity contribution in [3.8, 4) is 23.0 Å². The number of nitrogens with zero attached hydrogens (tertiary/aromatic N) is 3. The van der Waals surface area contributed by atoms with E-state index in [9.17, 15) is 5.11 Å². The van der Waals surface area contributed by atoms with E-state index in [0.29, 0.717) is 11.8 Å². The quantitative estimate of drug-likeness (QED) is 0.350. The molecule has 33 heavy (non-hydrogen) atoms. The Morgan fingerprint density at radius 3 is 2.58 bits per heavy atom. The zero-order chi connectivity index (χ0) is 22.9. The van der Waals surface area contributed by atoms with Gasteiger partial charge >= 0.3 is 0 Å². The van der Waals surface area contributed by atoms with Gasteiger partial charge < -0.3 is 19.2 Å². The van der Waals surface area contributed by atoms with E-state index in [1.165, 1.54) is 45.3 Å². The van der Waals surface area contributed by atoms with Gasteiger partial charge in [-0.05, 0) is 81.4 Å². The summed E-state index contributed by atoms with van der Waals surface area (Å²) >= 11 is 1.65. The highest BCUT2D eigenvalue weighted by molar-refractivity contribution is 7.99. The van der Waals surface area contributed by atoms with Crippen LogP contribution in [0, 0.1) is 0 Å². The number of hydrogen-bond donors (Lipinski definition) is 1. The van der Waals surface area contributed by atoms with E-state index in [2.05, 4.69) is 22.0 Å². The summed E-state index contributed by atoms with van der Waals surface area (Å²) in [7, 11) is 0. The van der Waals surface area contributed by atoms with Gasteiger partial charge in [0.05, 0.1) is 6.61 Å². The van der Waals surface area contributed by atoms with Gasteiger partial charge in [0, 0.05) is 11.1 Å². The first-order chi connectivity index (χ1) is 16.2. The number of benzene rings is 2. The van der Waals surface area contributed by atoms with Gasteiger partial charge in [-0.25, -0.2) is 0 Å². The Bertz CT molecular complexity index is 986. The summed E-state index contributed by atoms with van der Waals surface area (Å²) in [5.74, 6) is 2.91. The number of thioether (sulfide) groups is 1. The number of hydrogen-bond acceptors (Lipinski definition) is 7. The topological polar surface area (TPSA) is 71.6 Å². The van der Waals surface area contributed by atoms with E-state index in [1.54, 1.807) is 17.8 Å². The molecular formula is C26H33N3O3S. The maximum atomic E-state index is 10.3. The number of aromatic hydroxyl groups is 1. The minimum Gasteiger partial charge on any atom is -0.508 e. The molecule has 1 unspecified atom stereocenters. The van der Waals surface area contributed by atoms with E-state index < -0.39 is 0 Å². The van der Waals surface area contributed by atoms with Crippen molar-refractivity contribution in [2.75, 3.05) is 32.0 Å². The monoisotopic (exact) mass is 467 g/mol. The molecular weight excluding hydrogens is 434 g/mol. The van der Waals surface area contributed by atoms with Gasteiger partial charge in [0.1, 0.15) is 16.7 Å². The standard InChI is InChI=1S/C26H33N3O3S/c1-2-33-24(22-10-4-5-11-23(22)30)26-28-27-25(32-26)20-12-14-21(15-13-20)31-19-9-8-18-29-16-6-3-7-17-29/h4-5,10-15,24,30H,2-3,6-9,16-19H2,1H3. The fraction of sp³-hybridized carbons (Fsp3) is 0.462. The second-order valence-corrected chi connectivity index (χ2v) is 9.70. The van der Waals surface area contributed by atoms with Crippen LogP contribution >= 0.6 is 11.8 Å². The minimum atomic E-state index is -0.204. The Kier molecular flexibility index (Phi) is 8.66. The molecule has 0 aliphatic carbocycles. The number of phenolic OH excluding ortho intramolecular Hbond substituents is 1. The Morgan fingerprint density at radius 2 is 1.82 bits per heavy atom. The van der Waals surface area contributed by atoms with Crippen LogP contribution < -0.4 is 4.74 Å². The third kappa shape index (κ3) is 6.51. The third-order valence-corrected chi connectivity index (χ3v) is 7.03. The minimum absolute atomic E-state index is 0.204. The van der Waals surface area contributed by atoms with Crippen molar-refractivity contribution in [1.29, 1.82) is 0 Å². The summed E-state index contributed by atoms with van der Waals surface area (Å²) < 4.78 is 11.9. The largest absolute Gasteiger partial charge is 0.508 e. The lowest BCUT2D eigenvalue weighted by Gasteiger charge is -2.26. The van der Waals surface area contributed by atoms with Crippen molar-refractivity contribution >= 4 is 11.8 Å². The van der Waals surface area contributed by atoms with E-state index in [-0.39, 0.29) is 11.0 Å². The molecule has 2 heterocycles. The second kappa shape index (κ2) is 12.1. The van der Waals surface area contributed by atoms with Crippen molar-refractivity contribution in [3.63, 3.8) is 0 Å². The molecule has 1 atom stereocenters. The van der Waals surface area contributed by atoms with Crippen molar-refractivity contribution in [2.24, 2.45) is 0 Å². The van der Waals surface area contributed by atoms with Gasteiger partial charge in [-0.3, -0.25) is 0 Å². The van der Waals surface area contributed by atoms with E-state index in [1.807, 2.05) is 42.5 Å². The summed E-state index contributed by atoms with van der Waals surface area (Å²) in [6, 6.07) is 15.1. The number of para-hydroxylation sites is 1. The fourth-order valence-electron chi connectivity index (χ4n) is 4.13. The van der Waals surface area contributed by atoms with Crippen molar-refractivity contribution in [3.05, 3.63) is 60.0 Å². The molecule has 1 fully saturated rings. The van der Waals surface area contributed by atoms with Crippen LogP contribution in [0.1, 0.15) is 55.7 Å². The Labute approximate surface area is 200 Å². The first-order valence-corrected chi connectivity index (χ1v) is 13.0. The normalized spacial score (nSPS) is 15.4. The number of likely N-dealkylation sites (tertiary alicyclic amines) is 1. The number of rotatable bonds is 11. The molecule has 3 aromatic rings. The van der Waals surface area contributed by atoms with Gasteiger partial charge in [0.25, 0.3) is 0 Å². The smallest absolute Gasteiger partial charge is 0.247 e. The molecule has 1 aromatic heterocycles. The van der Waals surface area contributed by atoms with E-state index in [0.717, 1.165) is 35.7 Å². The predicted molar refractivity (Wildman–Crippen MR) is 133 cm³/mol. The SMILES string of the molecule is CCSC(c1nnc(-c2ccc(OCCCCN3CCCCC3)cc2)o1)c1ccccc1O. The third-order valence-electron chi connectivity index (χ3n) is 5.90. The zero-order valence-electron chi connectivity index (χ0n) is 19.3. The molecule has 2 aromatic carbocycles. The lowest BCUT2D eigenvalue weighted by atomic mass is 10.1. The van der Waals surface area contributed by atoms with Crippen LogP contribution in [0.5, 0.6) is 11.5 Å². The lowest BCUT2D eigenvalue weighted by Crippen LogP contribution is -2.30. The Morgan fingerprint density at radius 1 is 1.03 bits per heavy atom. The molecule has 0 saturated carbocycles. The first kappa shape index (κ1) is 23.6. The molecule has 0 radical (unpaired) electrons. The van der Waals surface area contributed by atoms with Gasteiger partial charge in [0.15, 0.2) is 0 Å². The van der Waals surface area contributed by atoms with Crippen molar-refractivity contribution in [2.45, 2.75) is 44.3 Å². The average molecular weight is 468 g/mol. The molecule has 0 amide bonds. The molecule has 7 heteroatoms. The number of aromatic nitrogens is 2. The van der Waals surface area contributed by atoms with Crippen LogP contribution in [0.25, 0.3) is 11.5 Å². The number of unbranched alkanes of at least 4 members (excludes halogenated alkanes) is 1. The van der Waals surface area contributed by atoms with Gasteiger partial charge in [-0.15, -0.1) is 22.0 Å². The van der Waals surface area contributed by atoms with Gasteiger partial charge in [-0.1, -0.05) is 31.5 Å². The summed E-state index contributed by atoms with van der Waals surface area (Å²) in [5, 5.41) is 18.6. The highest BCUT2D eigenvalue weighted by Crippen LogP contribution is 2.39. The van der Waals surface area contributed by atoms with Gasteiger partial charge in [0.2, 0.25) is 11.8 Å². The van der Waals surface area contributed by atoms with Crippen LogP contribution in [0.2, 0.25) is 0 Å². The van der Waals surface area contributed by atoms with Crippen LogP contribution in [-0.4, -0.2) is 52.2 Å². The fourth-order valence-corrected chi connectivity index (χ4v) is 5.08. The maximum Gasteiger partial charge on any atom is 0.247 e. The Hall–Kier alpha value is -2.51. The van der Waals surface area contributed by atoms with E-state index >= 15 is 0 Å². The average Bonchev–Trinajstić information content (AvgIpc) is 3.34. The zero-order valence-corrected chi connectivity index (χ0v) is 20.1. The van der Waals surface area contributed by atoms with Crippen molar-refractivity contribution < 1.29 is 14.3 Å². The molecule has 0 bridgehead atoms. The second-order valence-electron chi connectivity index (χ2n) is 8.32. The summed E-state index contributed by atoms with van der Waals surface area (Å²) in [4.78, 5) is 2.57. The molecule has 1 saturated heterocycles. The highest BCUT2D eigenvalue weighted by Gasteiger charge is 2.23. The summed E-state index contributed by atoms with van der Waals surface area (Å²) in [5.41, 5.74) is 1.63. The van der Waals surface area contributed by atoms with Crippen LogP contribution in [0.4, 0.5) is 0 Å². The highest BCUT2D eigenvalue weighted by atomic mass is 32.2. The maximum absolute atomic E-state index is 10.3. The van der Waals surface area contributed by atoms with E-state index in [4.69, 9.17) is 9.15 Å². The van der Waals surface area contributed by atoms with Crippen LogP contribution in [0.3, 0.4) is 0 Å². The molecule has 1 N–H and O–H groups in total. The van der Waals surface area contributed by atoms with Crippen molar-refractivity contribution in [1.82, 2.24) is 15.1 Å². The molecule has 1 aliphatic rings. The predicted octanol–water partition coefficient (Wildman–Crippen LogP) is 5.93.